The van der Waals surface area contributed by atoms with Crippen LogP contribution in [-0.4, -0.2) is 15.7 Å². The maximum atomic E-state index is 12.0. The van der Waals surface area contributed by atoms with Gasteiger partial charge in [-0.2, -0.15) is 5.10 Å². The Balaban J connectivity index is 1.87. The molecule has 2 aromatic rings. The van der Waals surface area contributed by atoms with E-state index in [-0.39, 0.29) is 11.9 Å². The Morgan fingerprint density at radius 3 is 2.57 bits per heavy atom. The van der Waals surface area contributed by atoms with Gasteiger partial charge >= 0.3 is 0 Å². The third kappa shape index (κ3) is 4.33. The van der Waals surface area contributed by atoms with Crippen molar-refractivity contribution in [2.45, 2.75) is 39.8 Å². The molecule has 0 radical (unpaired) electrons. The summed E-state index contributed by atoms with van der Waals surface area (Å²) in [7, 11) is 0. The molecule has 0 aliphatic heterocycles. The maximum absolute atomic E-state index is 12.0. The molecule has 0 aliphatic rings. The predicted octanol–water partition coefficient (Wildman–Crippen LogP) is 3.42. The number of carbonyl (C=O) groups excluding carboxylic acids is 1. The van der Waals surface area contributed by atoms with Gasteiger partial charge in [0.1, 0.15) is 0 Å². The zero-order valence-electron chi connectivity index (χ0n) is 12.6. The number of carbonyl (C=O) groups is 1. The van der Waals surface area contributed by atoms with Crippen LogP contribution in [0.15, 0.2) is 30.3 Å². The second kappa shape index (κ2) is 6.76. The van der Waals surface area contributed by atoms with Gasteiger partial charge in [0.25, 0.3) is 0 Å². The van der Waals surface area contributed by atoms with Crippen LogP contribution in [0.25, 0.3) is 0 Å². The topological polar surface area (TPSA) is 46.9 Å². The van der Waals surface area contributed by atoms with E-state index in [1.54, 1.807) is 0 Å². The summed E-state index contributed by atoms with van der Waals surface area (Å²) in [6.45, 7) is 6.47. The molecule has 1 amide bonds. The number of hydrogen-bond donors (Lipinski definition) is 1. The second-order valence-electron chi connectivity index (χ2n) is 5.33. The van der Waals surface area contributed by atoms with Gasteiger partial charge in [-0.1, -0.05) is 23.7 Å². The molecule has 1 unspecified atom stereocenters. The van der Waals surface area contributed by atoms with Crippen molar-refractivity contribution in [2.75, 3.05) is 0 Å². The minimum Gasteiger partial charge on any atom is -0.352 e. The fraction of sp³-hybridized carbons (Fsp3) is 0.375. The van der Waals surface area contributed by atoms with Crippen LogP contribution in [0.1, 0.15) is 36.3 Å². The van der Waals surface area contributed by atoms with Gasteiger partial charge in [0, 0.05) is 23.7 Å². The highest BCUT2D eigenvalue weighted by molar-refractivity contribution is 6.30. The predicted molar refractivity (Wildman–Crippen MR) is 84.3 cm³/mol. The fourth-order valence-corrected chi connectivity index (χ4v) is 2.45. The van der Waals surface area contributed by atoms with Crippen molar-refractivity contribution in [3.8, 4) is 0 Å². The maximum Gasteiger partial charge on any atom is 0.222 e. The number of nitrogens with one attached hydrogen (secondary N) is 1. The Bertz CT molecular complexity index is 619. The van der Waals surface area contributed by atoms with E-state index >= 15 is 0 Å². The number of halogens is 1. The van der Waals surface area contributed by atoms with Crippen molar-refractivity contribution >= 4 is 17.5 Å². The Kier molecular flexibility index (Phi) is 5.02. The van der Waals surface area contributed by atoms with Crippen molar-refractivity contribution in [3.05, 3.63) is 52.3 Å². The Hall–Kier alpha value is -1.81. The van der Waals surface area contributed by atoms with Crippen molar-refractivity contribution in [3.63, 3.8) is 0 Å². The van der Waals surface area contributed by atoms with E-state index in [0.29, 0.717) is 18.0 Å². The summed E-state index contributed by atoms with van der Waals surface area (Å²) in [6.07, 6.45) is 0.412. The molecule has 1 aromatic heterocycles. The van der Waals surface area contributed by atoms with E-state index in [1.165, 1.54) is 0 Å². The van der Waals surface area contributed by atoms with Crippen LogP contribution in [0.5, 0.6) is 0 Å². The molecule has 0 bridgehead atoms. The molecule has 1 atom stereocenters. The van der Waals surface area contributed by atoms with Crippen LogP contribution < -0.4 is 5.32 Å². The van der Waals surface area contributed by atoms with Gasteiger partial charge in [-0.25, -0.2) is 0 Å². The zero-order chi connectivity index (χ0) is 15.4. The lowest BCUT2D eigenvalue weighted by atomic mass is 10.2. The molecule has 0 fully saturated rings. The summed E-state index contributed by atoms with van der Waals surface area (Å²) in [5.74, 6) is 0.0185. The number of amides is 1. The normalized spacial score (nSPS) is 12.2. The lowest BCUT2D eigenvalue weighted by Crippen LogP contribution is -2.26. The van der Waals surface area contributed by atoms with Crippen LogP contribution in [0.3, 0.4) is 0 Å². The summed E-state index contributed by atoms with van der Waals surface area (Å²) in [5.41, 5.74) is 3.08. The molecule has 0 spiro atoms. The molecule has 1 heterocycles. The van der Waals surface area contributed by atoms with Gasteiger partial charge in [-0.15, -0.1) is 0 Å². The van der Waals surface area contributed by atoms with Gasteiger partial charge < -0.3 is 5.32 Å². The first-order valence-electron chi connectivity index (χ1n) is 6.99. The van der Waals surface area contributed by atoms with E-state index in [4.69, 9.17) is 11.6 Å². The number of nitrogens with zero attached hydrogens (tertiary/aromatic N) is 2. The lowest BCUT2D eigenvalue weighted by molar-refractivity contribution is -0.122. The highest BCUT2D eigenvalue weighted by Crippen LogP contribution is 2.14. The second-order valence-corrected chi connectivity index (χ2v) is 5.76. The molecule has 21 heavy (non-hydrogen) atoms. The molecule has 4 nitrogen and oxygen atoms in total. The largest absolute Gasteiger partial charge is 0.352 e. The third-order valence-corrected chi connectivity index (χ3v) is 3.60. The summed E-state index contributed by atoms with van der Waals surface area (Å²) >= 11 is 5.83. The van der Waals surface area contributed by atoms with E-state index in [2.05, 4.69) is 10.4 Å². The zero-order valence-corrected chi connectivity index (χ0v) is 13.3. The standard InChI is InChI=1S/C16H20ClN3O/c1-11-8-12(2)20(19-11)13(3)9-16(21)18-10-14-4-6-15(17)7-5-14/h4-8,13H,9-10H2,1-3H3,(H,18,21). The Labute approximate surface area is 130 Å². The molecule has 2 rings (SSSR count). The molecular formula is C16H20ClN3O. The summed E-state index contributed by atoms with van der Waals surface area (Å²) in [5, 5.41) is 8.03. The molecule has 0 saturated heterocycles. The quantitative estimate of drug-likeness (QED) is 0.920. The Morgan fingerprint density at radius 1 is 1.33 bits per heavy atom. The van der Waals surface area contributed by atoms with Gasteiger partial charge in [0.15, 0.2) is 0 Å². The van der Waals surface area contributed by atoms with Crippen LogP contribution in [0, 0.1) is 13.8 Å². The minimum atomic E-state index is 0.0185. The van der Waals surface area contributed by atoms with Gasteiger partial charge in [0.05, 0.1) is 11.7 Å². The van der Waals surface area contributed by atoms with E-state index in [1.807, 2.05) is 55.8 Å². The number of hydrogen-bond acceptors (Lipinski definition) is 2. The molecule has 0 aliphatic carbocycles. The van der Waals surface area contributed by atoms with E-state index in [9.17, 15) is 4.79 Å². The fourth-order valence-electron chi connectivity index (χ4n) is 2.32. The van der Waals surface area contributed by atoms with Crippen molar-refractivity contribution in [1.29, 1.82) is 0 Å². The smallest absolute Gasteiger partial charge is 0.222 e. The minimum absolute atomic E-state index is 0.0185. The SMILES string of the molecule is Cc1cc(C)n(C(C)CC(=O)NCc2ccc(Cl)cc2)n1. The van der Waals surface area contributed by atoms with Crippen LogP contribution >= 0.6 is 11.6 Å². The first-order valence-corrected chi connectivity index (χ1v) is 7.37. The van der Waals surface area contributed by atoms with Crippen molar-refractivity contribution in [1.82, 2.24) is 15.1 Å². The average Bonchev–Trinajstić information content (AvgIpc) is 2.77. The van der Waals surface area contributed by atoms with Crippen molar-refractivity contribution < 1.29 is 4.79 Å². The molecule has 0 saturated carbocycles. The lowest BCUT2D eigenvalue weighted by Gasteiger charge is -2.14. The summed E-state index contributed by atoms with van der Waals surface area (Å²) < 4.78 is 1.90. The Morgan fingerprint density at radius 2 is 2.00 bits per heavy atom. The van der Waals surface area contributed by atoms with Crippen LogP contribution in [0.4, 0.5) is 0 Å². The van der Waals surface area contributed by atoms with E-state index in [0.717, 1.165) is 17.0 Å². The first-order chi connectivity index (χ1) is 9.95. The molecule has 1 aromatic carbocycles. The molecule has 1 N–H and O–H groups in total. The number of aryl methyl sites for hydroxylation is 2. The van der Waals surface area contributed by atoms with Gasteiger partial charge in [0.2, 0.25) is 5.91 Å². The van der Waals surface area contributed by atoms with Gasteiger partial charge in [-0.05, 0) is 44.5 Å². The first kappa shape index (κ1) is 15.6. The molecular weight excluding hydrogens is 286 g/mol. The monoisotopic (exact) mass is 305 g/mol. The number of aromatic nitrogens is 2. The third-order valence-electron chi connectivity index (χ3n) is 3.35. The van der Waals surface area contributed by atoms with E-state index < -0.39 is 0 Å². The van der Waals surface area contributed by atoms with Crippen LogP contribution in [-0.2, 0) is 11.3 Å². The summed E-state index contributed by atoms with van der Waals surface area (Å²) in [6, 6.07) is 9.52. The number of benzene rings is 1. The highest BCUT2D eigenvalue weighted by Gasteiger charge is 2.13. The van der Waals surface area contributed by atoms with Crippen molar-refractivity contribution in [2.24, 2.45) is 0 Å². The molecule has 5 heteroatoms. The summed E-state index contributed by atoms with van der Waals surface area (Å²) in [4.78, 5) is 12.0. The highest BCUT2D eigenvalue weighted by atomic mass is 35.5. The van der Waals surface area contributed by atoms with Gasteiger partial charge in [-0.3, -0.25) is 9.48 Å². The average molecular weight is 306 g/mol. The van der Waals surface area contributed by atoms with Crippen LogP contribution in [0.2, 0.25) is 5.02 Å². The number of rotatable bonds is 5. The molecule has 112 valence electrons.